The van der Waals surface area contributed by atoms with Crippen LogP contribution >= 0.6 is 0 Å². The van der Waals surface area contributed by atoms with Crippen LogP contribution < -0.4 is 5.32 Å². The van der Waals surface area contributed by atoms with Crippen LogP contribution in [0.25, 0.3) is 0 Å². The highest BCUT2D eigenvalue weighted by atomic mass is 15.1. The number of rotatable bonds is 10. The molecule has 0 spiro atoms. The molecule has 20 heavy (non-hydrogen) atoms. The molecular weight excluding hydrogens is 244 g/mol. The number of nitrogens with zero attached hydrogens (tertiary/aromatic N) is 1. The number of hydrogen-bond donors (Lipinski definition) is 1. The SMILES string of the molecule is CCCC(NCCCCN(C)C(C)C)c1ccccc1. The summed E-state index contributed by atoms with van der Waals surface area (Å²) in [5.74, 6) is 0. The number of hydrogen-bond acceptors (Lipinski definition) is 2. The van der Waals surface area contributed by atoms with Crippen molar-refractivity contribution in [3.63, 3.8) is 0 Å². The number of benzene rings is 1. The first-order valence-corrected chi connectivity index (χ1v) is 8.13. The van der Waals surface area contributed by atoms with Gasteiger partial charge in [-0.25, -0.2) is 0 Å². The van der Waals surface area contributed by atoms with Crippen molar-refractivity contribution in [2.24, 2.45) is 0 Å². The summed E-state index contributed by atoms with van der Waals surface area (Å²) < 4.78 is 0. The van der Waals surface area contributed by atoms with E-state index >= 15 is 0 Å². The van der Waals surface area contributed by atoms with E-state index in [1.165, 1.54) is 37.8 Å². The molecule has 2 heteroatoms. The maximum atomic E-state index is 3.72. The van der Waals surface area contributed by atoms with Gasteiger partial charge in [0.15, 0.2) is 0 Å². The van der Waals surface area contributed by atoms with Gasteiger partial charge in [-0.05, 0) is 58.8 Å². The third-order valence-corrected chi connectivity index (χ3v) is 3.99. The Balaban J connectivity index is 2.27. The van der Waals surface area contributed by atoms with E-state index in [2.05, 4.69) is 68.4 Å². The first kappa shape index (κ1) is 17.2. The van der Waals surface area contributed by atoms with Crippen molar-refractivity contribution in [3.8, 4) is 0 Å². The molecule has 1 unspecified atom stereocenters. The van der Waals surface area contributed by atoms with E-state index in [1.54, 1.807) is 0 Å². The van der Waals surface area contributed by atoms with Crippen molar-refractivity contribution in [1.82, 2.24) is 10.2 Å². The van der Waals surface area contributed by atoms with E-state index in [0.29, 0.717) is 12.1 Å². The Kier molecular flexibility index (Phi) is 8.56. The van der Waals surface area contributed by atoms with Crippen LogP contribution in [-0.4, -0.2) is 31.1 Å². The van der Waals surface area contributed by atoms with Crippen LogP contribution in [0, 0.1) is 0 Å². The topological polar surface area (TPSA) is 15.3 Å². The number of nitrogens with one attached hydrogen (secondary N) is 1. The van der Waals surface area contributed by atoms with E-state index in [1.807, 2.05) is 0 Å². The fraction of sp³-hybridized carbons (Fsp3) is 0.667. The fourth-order valence-corrected chi connectivity index (χ4v) is 2.38. The summed E-state index contributed by atoms with van der Waals surface area (Å²) in [4.78, 5) is 2.42. The van der Waals surface area contributed by atoms with Gasteiger partial charge < -0.3 is 10.2 Å². The van der Waals surface area contributed by atoms with E-state index < -0.39 is 0 Å². The zero-order chi connectivity index (χ0) is 14.8. The van der Waals surface area contributed by atoms with Crippen LogP contribution in [0.15, 0.2) is 30.3 Å². The van der Waals surface area contributed by atoms with E-state index in [4.69, 9.17) is 0 Å². The standard InChI is InChI=1S/C18H32N2/c1-5-11-18(17-12-7-6-8-13-17)19-14-9-10-15-20(4)16(2)3/h6-8,12-13,16,18-19H,5,9-11,14-15H2,1-4H3. The molecule has 1 aromatic carbocycles. The molecule has 0 heterocycles. The maximum absolute atomic E-state index is 3.72. The van der Waals surface area contributed by atoms with Crippen LogP contribution in [0.2, 0.25) is 0 Å². The van der Waals surface area contributed by atoms with Crippen molar-refractivity contribution in [1.29, 1.82) is 0 Å². The van der Waals surface area contributed by atoms with Crippen LogP contribution in [0.1, 0.15) is 58.1 Å². The Morgan fingerprint density at radius 1 is 1.10 bits per heavy atom. The van der Waals surface area contributed by atoms with E-state index in [-0.39, 0.29) is 0 Å². The Morgan fingerprint density at radius 2 is 1.80 bits per heavy atom. The Labute approximate surface area is 125 Å². The third-order valence-electron chi connectivity index (χ3n) is 3.99. The van der Waals surface area contributed by atoms with Gasteiger partial charge in [-0.1, -0.05) is 43.7 Å². The molecule has 0 fully saturated rings. The van der Waals surface area contributed by atoms with Crippen molar-refractivity contribution >= 4 is 0 Å². The lowest BCUT2D eigenvalue weighted by atomic mass is 10.0. The summed E-state index contributed by atoms with van der Waals surface area (Å²) in [7, 11) is 2.21. The van der Waals surface area contributed by atoms with Crippen molar-refractivity contribution in [2.75, 3.05) is 20.1 Å². The molecule has 1 N–H and O–H groups in total. The van der Waals surface area contributed by atoms with Gasteiger partial charge in [0.2, 0.25) is 0 Å². The molecule has 1 rings (SSSR count). The summed E-state index contributed by atoms with van der Waals surface area (Å²) in [5, 5.41) is 3.72. The maximum Gasteiger partial charge on any atom is 0.0320 e. The Hall–Kier alpha value is -0.860. The van der Waals surface area contributed by atoms with Crippen LogP contribution in [0.4, 0.5) is 0 Å². The normalized spacial score (nSPS) is 13.1. The minimum Gasteiger partial charge on any atom is -0.310 e. The first-order chi connectivity index (χ1) is 9.65. The summed E-state index contributed by atoms with van der Waals surface area (Å²) in [6, 6.07) is 12.0. The molecule has 0 amide bonds. The predicted octanol–water partition coefficient (Wildman–Crippen LogP) is 4.24. The summed E-state index contributed by atoms with van der Waals surface area (Å²) in [6.45, 7) is 9.08. The molecule has 0 aliphatic carbocycles. The average molecular weight is 276 g/mol. The molecule has 0 saturated carbocycles. The molecule has 0 aliphatic rings. The van der Waals surface area contributed by atoms with Crippen molar-refractivity contribution in [2.45, 2.75) is 58.5 Å². The second kappa shape index (κ2) is 9.95. The molecular formula is C18H32N2. The van der Waals surface area contributed by atoms with Crippen LogP contribution in [0.3, 0.4) is 0 Å². The monoisotopic (exact) mass is 276 g/mol. The molecule has 2 nitrogen and oxygen atoms in total. The molecule has 0 aromatic heterocycles. The molecule has 0 saturated heterocycles. The molecule has 0 aliphatic heterocycles. The minimum atomic E-state index is 0.518. The molecule has 1 aromatic rings. The third kappa shape index (κ3) is 6.53. The van der Waals surface area contributed by atoms with Gasteiger partial charge in [0.25, 0.3) is 0 Å². The van der Waals surface area contributed by atoms with Gasteiger partial charge in [0, 0.05) is 12.1 Å². The Bertz CT molecular complexity index is 335. The highest BCUT2D eigenvalue weighted by Crippen LogP contribution is 2.17. The average Bonchev–Trinajstić information content (AvgIpc) is 2.46. The van der Waals surface area contributed by atoms with Gasteiger partial charge >= 0.3 is 0 Å². The van der Waals surface area contributed by atoms with Gasteiger partial charge in [0.1, 0.15) is 0 Å². The molecule has 0 bridgehead atoms. The smallest absolute Gasteiger partial charge is 0.0320 e. The minimum absolute atomic E-state index is 0.518. The van der Waals surface area contributed by atoms with Crippen LogP contribution in [0.5, 0.6) is 0 Å². The van der Waals surface area contributed by atoms with Gasteiger partial charge in [-0.15, -0.1) is 0 Å². The fourth-order valence-electron chi connectivity index (χ4n) is 2.38. The summed E-state index contributed by atoms with van der Waals surface area (Å²) >= 11 is 0. The second-order valence-corrected chi connectivity index (χ2v) is 5.99. The first-order valence-electron chi connectivity index (χ1n) is 8.13. The summed E-state index contributed by atoms with van der Waals surface area (Å²) in [6.07, 6.45) is 4.97. The highest BCUT2D eigenvalue weighted by molar-refractivity contribution is 5.18. The van der Waals surface area contributed by atoms with E-state index in [9.17, 15) is 0 Å². The van der Waals surface area contributed by atoms with Gasteiger partial charge in [-0.2, -0.15) is 0 Å². The second-order valence-electron chi connectivity index (χ2n) is 5.99. The molecule has 0 radical (unpaired) electrons. The largest absolute Gasteiger partial charge is 0.310 e. The quantitative estimate of drug-likeness (QED) is 0.643. The van der Waals surface area contributed by atoms with Crippen LogP contribution in [-0.2, 0) is 0 Å². The summed E-state index contributed by atoms with van der Waals surface area (Å²) in [5.41, 5.74) is 1.42. The lowest BCUT2D eigenvalue weighted by Gasteiger charge is -2.22. The van der Waals surface area contributed by atoms with Gasteiger partial charge in [0.05, 0.1) is 0 Å². The zero-order valence-corrected chi connectivity index (χ0v) is 13.7. The van der Waals surface area contributed by atoms with Crippen molar-refractivity contribution in [3.05, 3.63) is 35.9 Å². The number of unbranched alkanes of at least 4 members (excludes halogenated alkanes) is 1. The molecule has 1 atom stereocenters. The lowest BCUT2D eigenvalue weighted by molar-refractivity contribution is 0.267. The predicted molar refractivity (Wildman–Crippen MR) is 89.1 cm³/mol. The van der Waals surface area contributed by atoms with Crippen molar-refractivity contribution < 1.29 is 0 Å². The molecule has 114 valence electrons. The Morgan fingerprint density at radius 3 is 2.40 bits per heavy atom. The highest BCUT2D eigenvalue weighted by Gasteiger charge is 2.09. The lowest BCUT2D eigenvalue weighted by Crippen LogP contribution is -2.28. The van der Waals surface area contributed by atoms with Gasteiger partial charge in [-0.3, -0.25) is 0 Å². The zero-order valence-electron chi connectivity index (χ0n) is 13.7. The van der Waals surface area contributed by atoms with E-state index in [0.717, 1.165) is 6.54 Å².